The van der Waals surface area contributed by atoms with Crippen molar-refractivity contribution in [1.29, 1.82) is 0 Å². The van der Waals surface area contributed by atoms with Gasteiger partial charge in [-0.05, 0) is 66.9 Å². The van der Waals surface area contributed by atoms with Gasteiger partial charge in [-0.1, -0.05) is 72.4 Å². The number of fused-ring (bicyclic) bond motifs is 1. The Bertz CT molecular complexity index is 1920. The van der Waals surface area contributed by atoms with Gasteiger partial charge in [0.1, 0.15) is 31.6 Å². The van der Waals surface area contributed by atoms with E-state index in [-0.39, 0.29) is 57.9 Å². The number of nitrogens with one attached hydrogen (secondary N) is 1. The molecule has 2 aliphatic rings. The zero-order chi connectivity index (χ0) is 35.3. The molecular weight excluding hydrogens is 704 g/mol. The van der Waals surface area contributed by atoms with Crippen LogP contribution in [0.1, 0.15) is 36.8 Å². The fourth-order valence-electron chi connectivity index (χ4n) is 6.22. The van der Waals surface area contributed by atoms with Gasteiger partial charge >= 0.3 is 0 Å². The van der Waals surface area contributed by atoms with Crippen LogP contribution in [0.5, 0.6) is 11.5 Å². The Balaban J connectivity index is 1.42. The second-order valence-electron chi connectivity index (χ2n) is 12.2. The molecule has 1 aliphatic carbocycles. The predicted molar refractivity (Wildman–Crippen MR) is 190 cm³/mol. The Hall–Kier alpha value is -4.32. The molecule has 0 spiro atoms. The number of amides is 2. The number of carbonyl (C=O) groups is 2. The highest BCUT2D eigenvalue weighted by atomic mass is 35.5. The van der Waals surface area contributed by atoms with Crippen LogP contribution in [0.2, 0.25) is 10.0 Å². The summed E-state index contributed by atoms with van der Waals surface area (Å²) < 4.78 is 55.0. The van der Waals surface area contributed by atoms with E-state index in [2.05, 4.69) is 5.32 Å². The van der Waals surface area contributed by atoms with E-state index < -0.39 is 34.3 Å². The first kappa shape index (κ1) is 35.5. The van der Waals surface area contributed by atoms with Crippen molar-refractivity contribution in [3.63, 3.8) is 0 Å². The predicted octanol–water partition coefficient (Wildman–Crippen LogP) is 6.80. The minimum absolute atomic E-state index is 0.0420. The van der Waals surface area contributed by atoms with Crippen molar-refractivity contribution in [2.45, 2.75) is 55.6 Å². The highest BCUT2D eigenvalue weighted by molar-refractivity contribution is 7.92. The molecule has 13 heteroatoms. The van der Waals surface area contributed by atoms with Crippen LogP contribution in [0.3, 0.4) is 0 Å². The van der Waals surface area contributed by atoms with Gasteiger partial charge in [-0.3, -0.25) is 13.9 Å². The molecule has 0 saturated heterocycles. The van der Waals surface area contributed by atoms with Gasteiger partial charge in [0.15, 0.2) is 11.5 Å². The Morgan fingerprint density at radius 1 is 0.860 bits per heavy atom. The van der Waals surface area contributed by atoms with Crippen molar-refractivity contribution >= 4 is 50.7 Å². The second-order valence-corrected chi connectivity index (χ2v) is 14.9. The van der Waals surface area contributed by atoms with E-state index in [1.165, 1.54) is 35.2 Å². The molecular formula is C37H36Cl2FN3O6S. The fourth-order valence-corrected chi connectivity index (χ4v) is 8.17. The first-order chi connectivity index (χ1) is 24.1. The van der Waals surface area contributed by atoms with Gasteiger partial charge in [0.25, 0.3) is 10.0 Å². The highest BCUT2D eigenvalue weighted by Gasteiger charge is 2.36. The van der Waals surface area contributed by atoms with Crippen LogP contribution in [-0.4, -0.2) is 57.0 Å². The van der Waals surface area contributed by atoms with Crippen LogP contribution in [0.4, 0.5) is 10.1 Å². The summed E-state index contributed by atoms with van der Waals surface area (Å²) in [5.41, 5.74) is 1.24. The fraction of sp³-hybridized carbons (Fsp3) is 0.297. The molecule has 1 aliphatic heterocycles. The Morgan fingerprint density at radius 2 is 1.52 bits per heavy atom. The van der Waals surface area contributed by atoms with E-state index in [0.29, 0.717) is 17.9 Å². The van der Waals surface area contributed by atoms with Crippen LogP contribution in [-0.2, 0) is 32.6 Å². The van der Waals surface area contributed by atoms with Gasteiger partial charge in [-0.2, -0.15) is 0 Å². The third-order valence-corrected chi connectivity index (χ3v) is 11.3. The summed E-state index contributed by atoms with van der Waals surface area (Å²) in [7, 11) is -4.47. The maximum atomic E-state index is 14.7. The van der Waals surface area contributed by atoms with Gasteiger partial charge in [0.05, 0.1) is 10.6 Å². The van der Waals surface area contributed by atoms with Crippen molar-refractivity contribution < 1.29 is 31.9 Å². The highest BCUT2D eigenvalue weighted by Crippen LogP contribution is 2.35. The molecule has 6 rings (SSSR count). The van der Waals surface area contributed by atoms with E-state index in [4.69, 9.17) is 32.7 Å². The van der Waals surface area contributed by atoms with Gasteiger partial charge in [-0.25, -0.2) is 12.8 Å². The Kier molecular flexibility index (Phi) is 11.2. The van der Waals surface area contributed by atoms with E-state index >= 15 is 0 Å². The van der Waals surface area contributed by atoms with Crippen LogP contribution >= 0.6 is 23.2 Å². The monoisotopic (exact) mass is 739 g/mol. The third-order valence-electron chi connectivity index (χ3n) is 8.86. The molecule has 1 heterocycles. The number of anilines is 1. The van der Waals surface area contributed by atoms with Crippen LogP contribution in [0.25, 0.3) is 0 Å². The summed E-state index contributed by atoms with van der Waals surface area (Å²) in [5.74, 6) is -1.03. The topological polar surface area (TPSA) is 105 Å². The summed E-state index contributed by atoms with van der Waals surface area (Å²) in [6.07, 6.45) is 3.74. The number of ether oxygens (including phenoxy) is 2. The molecule has 1 N–H and O–H groups in total. The van der Waals surface area contributed by atoms with Crippen LogP contribution in [0, 0.1) is 5.82 Å². The van der Waals surface area contributed by atoms with Crippen molar-refractivity contribution in [3.8, 4) is 11.5 Å². The van der Waals surface area contributed by atoms with Crippen LogP contribution in [0.15, 0.2) is 95.9 Å². The number of benzene rings is 4. The molecule has 4 aromatic carbocycles. The molecule has 1 saturated carbocycles. The lowest BCUT2D eigenvalue weighted by Gasteiger charge is -2.34. The van der Waals surface area contributed by atoms with Crippen LogP contribution < -0.4 is 19.1 Å². The number of hydrogen-bond donors (Lipinski definition) is 1. The molecule has 50 heavy (non-hydrogen) atoms. The lowest BCUT2D eigenvalue weighted by Crippen LogP contribution is -2.54. The normalized spacial score (nSPS) is 14.9. The second kappa shape index (κ2) is 15.7. The molecule has 0 bridgehead atoms. The standard InChI is InChI=1S/C37H36Cl2FN3O6S/c38-31-11-6-12-32(39)30(31)23-42(33(21-25-7-2-1-3-8-25)37(45)41-27-9-4-5-10-27)36(44)24-43(28-15-13-26(40)14-16-28)50(46,47)29-17-18-34-35(22-29)49-20-19-48-34/h1-3,6-8,11-18,22,27,33H,4-5,9-10,19-21,23-24H2,(H,41,45). The molecule has 4 aromatic rings. The largest absolute Gasteiger partial charge is 0.486 e. The molecule has 0 radical (unpaired) electrons. The molecule has 1 fully saturated rings. The Morgan fingerprint density at radius 3 is 2.20 bits per heavy atom. The summed E-state index contributed by atoms with van der Waals surface area (Å²) in [4.78, 5) is 30.1. The van der Waals surface area contributed by atoms with Crippen molar-refractivity contribution in [3.05, 3.63) is 118 Å². The first-order valence-electron chi connectivity index (χ1n) is 16.3. The number of carbonyl (C=O) groups excluding carboxylic acids is 2. The minimum atomic E-state index is -4.47. The lowest BCUT2D eigenvalue weighted by atomic mass is 10.0. The van der Waals surface area contributed by atoms with E-state index in [1.807, 2.05) is 30.3 Å². The number of hydrogen-bond acceptors (Lipinski definition) is 6. The maximum Gasteiger partial charge on any atom is 0.264 e. The molecule has 262 valence electrons. The van der Waals surface area contributed by atoms with E-state index in [9.17, 15) is 22.4 Å². The summed E-state index contributed by atoms with van der Waals surface area (Å²) in [6.45, 7) is -0.359. The number of halogens is 3. The summed E-state index contributed by atoms with van der Waals surface area (Å²) in [6, 6.07) is 22.0. The molecule has 9 nitrogen and oxygen atoms in total. The van der Waals surface area contributed by atoms with E-state index in [0.717, 1.165) is 47.7 Å². The van der Waals surface area contributed by atoms with Crippen molar-refractivity contribution in [2.75, 3.05) is 24.1 Å². The molecule has 2 amide bonds. The zero-order valence-electron chi connectivity index (χ0n) is 27.1. The number of sulfonamides is 1. The Labute approximate surface area is 300 Å². The number of nitrogens with zero attached hydrogens (tertiary/aromatic N) is 2. The lowest BCUT2D eigenvalue weighted by molar-refractivity contribution is -0.140. The van der Waals surface area contributed by atoms with Crippen molar-refractivity contribution in [1.82, 2.24) is 10.2 Å². The SMILES string of the molecule is O=C(NC1CCCC1)C(Cc1ccccc1)N(Cc1c(Cl)cccc1Cl)C(=O)CN(c1ccc(F)cc1)S(=O)(=O)c1ccc2c(c1)OCCO2. The average Bonchev–Trinajstić information content (AvgIpc) is 3.63. The zero-order valence-corrected chi connectivity index (χ0v) is 29.4. The smallest absolute Gasteiger partial charge is 0.264 e. The van der Waals surface area contributed by atoms with Gasteiger partial charge in [0.2, 0.25) is 11.8 Å². The molecule has 1 atom stereocenters. The van der Waals surface area contributed by atoms with Gasteiger partial charge in [0, 0.05) is 40.7 Å². The van der Waals surface area contributed by atoms with Gasteiger partial charge in [-0.15, -0.1) is 0 Å². The summed E-state index contributed by atoms with van der Waals surface area (Å²) >= 11 is 13.2. The first-order valence-corrected chi connectivity index (χ1v) is 18.5. The van der Waals surface area contributed by atoms with E-state index in [1.54, 1.807) is 18.2 Å². The number of rotatable bonds is 12. The van der Waals surface area contributed by atoms with Crippen molar-refractivity contribution in [2.24, 2.45) is 0 Å². The summed E-state index contributed by atoms with van der Waals surface area (Å²) in [5, 5.41) is 3.69. The third kappa shape index (κ3) is 8.17. The quantitative estimate of drug-likeness (QED) is 0.172. The average molecular weight is 741 g/mol. The maximum absolute atomic E-state index is 14.7. The molecule has 0 aromatic heterocycles. The minimum Gasteiger partial charge on any atom is -0.486 e. The van der Waals surface area contributed by atoms with Gasteiger partial charge < -0.3 is 19.7 Å². The molecule has 1 unspecified atom stereocenters.